The van der Waals surface area contributed by atoms with Crippen LogP contribution in [0, 0.1) is 5.92 Å². The molecule has 0 fully saturated rings. The first-order valence-electron chi connectivity index (χ1n) is 8.25. The molecule has 2 atom stereocenters. The Morgan fingerprint density at radius 3 is 2.20 bits per heavy atom. The van der Waals surface area contributed by atoms with Crippen LogP contribution in [0.2, 0.25) is 0 Å². The molecule has 0 heterocycles. The molecule has 0 radical (unpaired) electrons. The van der Waals surface area contributed by atoms with E-state index in [1.807, 2.05) is 0 Å². The van der Waals surface area contributed by atoms with Crippen molar-refractivity contribution in [3.8, 4) is 0 Å². The summed E-state index contributed by atoms with van der Waals surface area (Å²) in [5, 5.41) is 7.56. The number of amides is 4. The highest BCUT2D eigenvalue weighted by atomic mass is 16.2. The number of Topliss-reactive ketones (excluding diaryl/α,β-unsaturated/α-hetero) is 1. The van der Waals surface area contributed by atoms with Crippen molar-refractivity contribution < 1.29 is 24.0 Å². The lowest BCUT2D eigenvalue weighted by Gasteiger charge is -2.23. The molecule has 2 unspecified atom stereocenters. The van der Waals surface area contributed by atoms with Gasteiger partial charge in [-0.2, -0.15) is 0 Å². The highest BCUT2D eigenvalue weighted by Crippen LogP contribution is 2.05. The Morgan fingerprint density at radius 2 is 1.72 bits per heavy atom. The van der Waals surface area contributed by atoms with Gasteiger partial charge < -0.3 is 31.3 Å². The number of rotatable bonds is 12. The summed E-state index contributed by atoms with van der Waals surface area (Å²) in [4.78, 5) is 56.8. The largest absolute Gasteiger partial charge is 0.352 e. The van der Waals surface area contributed by atoms with Crippen molar-refractivity contribution >= 4 is 29.9 Å². The maximum absolute atomic E-state index is 12.3. The Kier molecular flexibility index (Phi) is 10.8. The first-order chi connectivity index (χ1) is 11.7. The number of urea groups is 1. The van der Waals surface area contributed by atoms with Crippen LogP contribution in [0.4, 0.5) is 4.79 Å². The van der Waals surface area contributed by atoms with Crippen LogP contribution >= 0.6 is 0 Å². The van der Waals surface area contributed by atoms with Gasteiger partial charge in [-0.3, -0.25) is 9.59 Å². The van der Waals surface area contributed by atoms with Crippen LogP contribution in [-0.4, -0.2) is 48.5 Å². The molecule has 0 bridgehead atoms. The lowest BCUT2D eigenvalue weighted by atomic mass is 10.0. The van der Waals surface area contributed by atoms with Gasteiger partial charge in [0.1, 0.15) is 18.1 Å². The van der Waals surface area contributed by atoms with Gasteiger partial charge in [0.2, 0.25) is 11.8 Å². The summed E-state index contributed by atoms with van der Waals surface area (Å²) in [6, 6.07) is -2.18. The van der Waals surface area contributed by atoms with Gasteiger partial charge in [0, 0.05) is 19.4 Å². The zero-order valence-electron chi connectivity index (χ0n) is 15.0. The van der Waals surface area contributed by atoms with Crippen molar-refractivity contribution in [1.82, 2.24) is 16.0 Å². The monoisotopic (exact) mass is 356 g/mol. The van der Waals surface area contributed by atoms with Gasteiger partial charge in [-0.25, -0.2) is 4.79 Å². The van der Waals surface area contributed by atoms with Crippen LogP contribution in [0.25, 0.3) is 0 Å². The van der Waals surface area contributed by atoms with E-state index in [2.05, 4.69) is 16.0 Å². The minimum absolute atomic E-state index is 0.0156. The minimum atomic E-state index is -0.800. The molecular formula is C16H28N4O5. The predicted molar refractivity (Wildman–Crippen MR) is 91.5 cm³/mol. The highest BCUT2D eigenvalue weighted by Gasteiger charge is 2.25. The van der Waals surface area contributed by atoms with Gasteiger partial charge in [-0.05, 0) is 25.7 Å². The van der Waals surface area contributed by atoms with Gasteiger partial charge in [-0.1, -0.05) is 13.8 Å². The summed E-state index contributed by atoms with van der Waals surface area (Å²) in [5.41, 5.74) is 4.93. The van der Waals surface area contributed by atoms with E-state index in [1.165, 1.54) is 6.92 Å². The Hall–Kier alpha value is -2.45. The normalized spacial score (nSPS) is 12.8. The fraction of sp³-hybridized carbons (Fsp3) is 0.688. The number of aldehydes is 1. The number of primary amides is 1. The molecule has 0 aliphatic rings. The summed E-state index contributed by atoms with van der Waals surface area (Å²) < 4.78 is 0. The van der Waals surface area contributed by atoms with Crippen molar-refractivity contribution in [2.24, 2.45) is 11.7 Å². The summed E-state index contributed by atoms with van der Waals surface area (Å²) in [6.07, 6.45) is 1.53. The van der Waals surface area contributed by atoms with Crippen LogP contribution in [0.5, 0.6) is 0 Å². The molecular weight excluding hydrogens is 328 g/mol. The smallest absolute Gasteiger partial charge is 0.312 e. The molecule has 9 heteroatoms. The SMILES string of the molecule is CC(=O)CCC(=O)NC(C(=O)NC(C=O)CCCNC(N)=O)C(C)C. The second-order valence-electron chi connectivity index (χ2n) is 6.18. The third kappa shape index (κ3) is 10.9. The van der Waals surface area contributed by atoms with E-state index in [1.54, 1.807) is 13.8 Å². The number of carbonyl (C=O) groups excluding carboxylic acids is 5. The number of ketones is 1. The van der Waals surface area contributed by atoms with Crippen LogP contribution in [0.3, 0.4) is 0 Å². The fourth-order valence-electron chi connectivity index (χ4n) is 2.05. The van der Waals surface area contributed by atoms with Crippen molar-refractivity contribution in [2.45, 2.75) is 58.5 Å². The van der Waals surface area contributed by atoms with E-state index in [9.17, 15) is 24.0 Å². The molecule has 0 aliphatic heterocycles. The van der Waals surface area contributed by atoms with Gasteiger partial charge >= 0.3 is 6.03 Å². The van der Waals surface area contributed by atoms with Crippen LogP contribution in [0.1, 0.15) is 46.5 Å². The summed E-state index contributed by atoms with van der Waals surface area (Å²) in [6.45, 7) is 5.22. The van der Waals surface area contributed by atoms with Gasteiger partial charge in [-0.15, -0.1) is 0 Å². The van der Waals surface area contributed by atoms with Crippen molar-refractivity contribution in [2.75, 3.05) is 6.54 Å². The maximum atomic E-state index is 12.3. The minimum Gasteiger partial charge on any atom is -0.352 e. The first kappa shape index (κ1) is 22.6. The lowest BCUT2D eigenvalue weighted by Crippen LogP contribution is -2.52. The lowest BCUT2D eigenvalue weighted by molar-refractivity contribution is -0.131. The molecule has 0 aromatic heterocycles. The molecule has 0 rings (SSSR count). The number of carbonyl (C=O) groups is 5. The second-order valence-corrected chi connectivity index (χ2v) is 6.18. The summed E-state index contributed by atoms with van der Waals surface area (Å²) in [7, 11) is 0. The van der Waals surface area contributed by atoms with E-state index in [4.69, 9.17) is 5.73 Å². The van der Waals surface area contributed by atoms with E-state index in [-0.39, 0.29) is 24.5 Å². The molecule has 0 aromatic carbocycles. The molecule has 4 amide bonds. The third-order valence-corrected chi connectivity index (χ3v) is 3.45. The van der Waals surface area contributed by atoms with Crippen molar-refractivity contribution in [3.05, 3.63) is 0 Å². The maximum Gasteiger partial charge on any atom is 0.312 e. The third-order valence-electron chi connectivity index (χ3n) is 3.45. The predicted octanol–water partition coefficient (Wildman–Crippen LogP) is -0.371. The molecule has 9 nitrogen and oxygen atoms in total. The van der Waals surface area contributed by atoms with Crippen molar-refractivity contribution in [3.63, 3.8) is 0 Å². The van der Waals surface area contributed by atoms with Gasteiger partial charge in [0.15, 0.2) is 0 Å². The molecule has 0 aromatic rings. The Bertz CT molecular complexity index is 493. The zero-order valence-corrected chi connectivity index (χ0v) is 15.0. The average molecular weight is 356 g/mol. The highest BCUT2D eigenvalue weighted by molar-refractivity contribution is 5.90. The molecule has 142 valence electrons. The molecule has 5 N–H and O–H groups in total. The first-order valence-corrected chi connectivity index (χ1v) is 8.25. The zero-order chi connectivity index (χ0) is 19.4. The fourth-order valence-corrected chi connectivity index (χ4v) is 2.05. The molecule has 0 spiro atoms. The quantitative estimate of drug-likeness (QED) is 0.278. The molecule has 0 saturated heterocycles. The Labute approximate surface area is 147 Å². The van der Waals surface area contributed by atoms with E-state index in [0.29, 0.717) is 25.7 Å². The number of hydrogen-bond acceptors (Lipinski definition) is 5. The van der Waals surface area contributed by atoms with Gasteiger partial charge in [0.25, 0.3) is 0 Å². The number of nitrogens with two attached hydrogens (primary N) is 1. The molecule has 0 aliphatic carbocycles. The Morgan fingerprint density at radius 1 is 1.08 bits per heavy atom. The second kappa shape index (κ2) is 12.0. The Balaban J connectivity index is 4.53. The summed E-state index contributed by atoms with van der Waals surface area (Å²) >= 11 is 0. The topological polar surface area (TPSA) is 147 Å². The van der Waals surface area contributed by atoms with E-state index in [0.717, 1.165) is 0 Å². The van der Waals surface area contributed by atoms with Crippen LogP contribution in [-0.2, 0) is 19.2 Å². The standard InChI is InChI=1S/C16H28N4O5/c1-10(2)14(20-13(23)7-6-11(3)22)15(24)19-12(9-21)5-4-8-18-16(17)25/h9-10,12,14H,4-8H2,1-3H3,(H,19,24)(H,20,23)(H3,17,18,25). The number of hydrogen-bond donors (Lipinski definition) is 4. The molecule has 0 saturated carbocycles. The van der Waals surface area contributed by atoms with Crippen molar-refractivity contribution in [1.29, 1.82) is 0 Å². The average Bonchev–Trinajstić information content (AvgIpc) is 2.52. The summed E-state index contributed by atoms with van der Waals surface area (Å²) in [5.74, 6) is -1.15. The van der Waals surface area contributed by atoms with Crippen LogP contribution in [0.15, 0.2) is 0 Å². The van der Waals surface area contributed by atoms with E-state index >= 15 is 0 Å². The number of nitrogens with one attached hydrogen (secondary N) is 3. The molecule has 25 heavy (non-hydrogen) atoms. The van der Waals surface area contributed by atoms with E-state index < -0.39 is 29.9 Å². The van der Waals surface area contributed by atoms with Gasteiger partial charge in [0.05, 0.1) is 6.04 Å². The van der Waals surface area contributed by atoms with Crippen LogP contribution < -0.4 is 21.7 Å².